The average molecular weight is 405 g/mol. The molecule has 2 rings (SSSR count). The van der Waals surface area contributed by atoms with Gasteiger partial charge in [-0.1, -0.05) is 34.1 Å². The number of halogens is 1. The summed E-state index contributed by atoms with van der Waals surface area (Å²) in [6.45, 7) is 5.38. The minimum Gasteiger partial charge on any atom is -0.481 e. The molecule has 5 nitrogen and oxygen atoms in total. The van der Waals surface area contributed by atoms with Crippen molar-refractivity contribution < 1.29 is 14.3 Å². The normalized spacial score (nSPS) is 11.5. The molecular weight excluding hydrogens is 384 g/mol. The molecule has 0 bridgehead atoms. The zero-order chi connectivity index (χ0) is 18.4. The number of anilines is 1. The van der Waals surface area contributed by atoms with Crippen molar-refractivity contribution in [3.63, 3.8) is 0 Å². The number of carbonyl (C=O) groups excluding carboxylic acids is 2. The number of hydrogen-bond donors (Lipinski definition) is 2. The third-order valence-corrected chi connectivity index (χ3v) is 4.19. The van der Waals surface area contributed by atoms with Gasteiger partial charge in [-0.3, -0.25) is 9.59 Å². The Hall–Kier alpha value is -2.34. The second-order valence-corrected chi connectivity index (χ2v) is 6.66. The quantitative estimate of drug-likeness (QED) is 0.772. The van der Waals surface area contributed by atoms with Crippen molar-refractivity contribution >= 4 is 33.4 Å². The second kappa shape index (κ2) is 8.67. The SMILES string of the molecule is Cc1cccc(C)c1NC(=O)CNC(=O)C(C)Oc1ccc(Br)cc1. The monoisotopic (exact) mass is 404 g/mol. The third kappa shape index (κ3) is 5.60. The number of rotatable bonds is 6. The number of para-hydroxylation sites is 1. The van der Waals surface area contributed by atoms with E-state index in [2.05, 4.69) is 26.6 Å². The Morgan fingerprint density at radius 2 is 1.68 bits per heavy atom. The van der Waals surface area contributed by atoms with Gasteiger partial charge < -0.3 is 15.4 Å². The van der Waals surface area contributed by atoms with Crippen molar-refractivity contribution in [1.82, 2.24) is 5.32 Å². The highest BCUT2D eigenvalue weighted by Gasteiger charge is 2.16. The number of amides is 2. The molecule has 0 aliphatic rings. The van der Waals surface area contributed by atoms with Crippen molar-refractivity contribution in [2.45, 2.75) is 26.9 Å². The molecule has 0 spiro atoms. The molecule has 0 saturated heterocycles. The number of benzene rings is 2. The number of aryl methyl sites for hydroxylation is 2. The highest BCUT2D eigenvalue weighted by molar-refractivity contribution is 9.10. The van der Waals surface area contributed by atoms with E-state index in [9.17, 15) is 9.59 Å². The van der Waals surface area contributed by atoms with Crippen molar-refractivity contribution in [1.29, 1.82) is 0 Å². The van der Waals surface area contributed by atoms with E-state index in [1.165, 1.54) is 0 Å². The molecule has 6 heteroatoms. The van der Waals surface area contributed by atoms with Gasteiger partial charge in [-0.25, -0.2) is 0 Å². The maximum absolute atomic E-state index is 12.1. The van der Waals surface area contributed by atoms with Gasteiger partial charge in [0.1, 0.15) is 5.75 Å². The topological polar surface area (TPSA) is 67.4 Å². The highest BCUT2D eigenvalue weighted by atomic mass is 79.9. The summed E-state index contributed by atoms with van der Waals surface area (Å²) >= 11 is 3.34. The summed E-state index contributed by atoms with van der Waals surface area (Å²) in [5.41, 5.74) is 2.74. The number of nitrogens with one attached hydrogen (secondary N) is 2. The van der Waals surface area contributed by atoms with Crippen molar-refractivity contribution in [2.24, 2.45) is 0 Å². The first kappa shape index (κ1) is 19.0. The minimum atomic E-state index is -0.700. The van der Waals surface area contributed by atoms with Gasteiger partial charge >= 0.3 is 0 Å². The third-order valence-electron chi connectivity index (χ3n) is 3.66. The maximum atomic E-state index is 12.1. The van der Waals surface area contributed by atoms with E-state index in [0.717, 1.165) is 21.3 Å². The maximum Gasteiger partial charge on any atom is 0.261 e. The van der Waals surface area contributed by atoms with Gasteiger partial charge in [0.15, 0.2) is 6.10 Å². The molecule has 0 aromatic heterocycles. The summed E-state index contributed by atoms with van der Waals surface area (Å²) in [7, 11) is 0. The largest absolute Gasteiger partial charge is 0.481 e. The predicted octanol–water partition coefficient (Wildman–Crippen LogP) is 3.59. The molecule has 0 aliphatic carbocycles. The van der Waals surface area contributed by atoms with E-state index in [-0.39, 0.29) is 18.4 Å². The summed E-state index contributed by atoms with van der Waals surface area (Å²) in [5.74, 6) is -0.0352. The van der Waals surface area contributed by atoms with Gasteiger partial charge in [0.2, 0.25) is 5.91 Å². The predicted molar refractivity (Wildman–Crippen MR) is 102 cm³/mol. The minimum absolute atomic E-state index is 0.110. The zero-order valence-electron chi connectivity index (χ0n) is 14.4. The van der Waals surface area contributed by atoms with Crippen LogP contribution in [0.4, 0.5) is 5.69 Å². The van der Waals surface area contributed by atoms with Crippen LogP contribution in [0.25, 0.3) is 0 Å². The molecule has 2 aromatic carbocycles. The molecular formula is C19H21BrN2O3. The van der Waals surface area contributed by atoms with Crippen LogP contribution in [0, 0.1) is 13.8 Å². The van der Waals surface area contributed by atoms with Crippen LogP contribution in [0.3, 0.4) is 0 Å². The molecule has 2 aromatic rings. The summed E-state index contributed by atoms with van der Waals surface area (Å²) in [4.78, 5) is 24.1. The fourth-order valence-corrected chi connectivity index (χ4v) is 2.54. The standard InChI is InChI=1S/C19H21BrN2O3/c1-12-5-4-6-13(2)18(12)22-17(23)11-21-19(24)14(3)25-16-9-7-15(20)8-10-16/h4-10,14H,11H2,1-3H3,(H,21,24)(H,22,23). The van der Waals surface area contributed by atoms with Crippen LogP contribution in [0.2, 0.25) is 0 Å². The smallest absolute Gasteiger partial charge is 0.261 e. The van der Waals surface area contributed by atoms with E-state index in [4.69, 9.17) is 4.74 Å². The van der Waals surface area contributed by atoms with E-state index < -0.39 is 6.10 Å². The Labute approximate surface area is 155 Å². The van der Waals surface area contributed by atoms with Crippen LogP contribution < -0.4 is 15.4 Å². The van der Waals surface area contributed by atoms with Gasteiger partial charge in [0.25, 0.3) is 5.91 Å². The Morgan fingerprint density at radius 1 is 1.08 bits per heavy atom. The van der Waals surface area contributed by atoms with Gasteiger partial charge in [-0.05, 0) is 56.2 Å². The van der Waals surface area contributed by atoms with Crippen molar-refractivity contribution in [3.05, 3.63) is 58.1 Å². The molecule has 132 valence electrons. The van der Waals surface area contributed by atoms with Crippen molar-refractivity contribution in [2.75, 3.05) is 11.9 Å². The summed E-state index contributed by atoms with van der Waals surface area (Å²) in [6.07, 6.45) is -0.700. The number of carbonyl (C=O) groups is 2. The first-order chi connectivity index (χ1) is 11.9. The summed E-state index contributed by atoms with van der Waals surface area (Å²) in [6, 6.07) is 13.0. The summed E-state index contributed by atoms with van der Waals surface area (Å²) in [5, 5.41) is 5.42. The molecule has 0 saturated carbocycles. The Bertz CT molecular complexity index is 740. The number of ether oxygens (including phenoxy) is 1. The van der Waals surface area contributed by atoms with E-state index in [1.54, 1.807) is 19.1 Å². The van der Waals surface area contributed by atoms with Crippen molar-refractivity contribution in [3.8, 4) is 5.75 Å². The Kier molecular flexibility index (Phi) is 6.58. The van der Waals surface area contributed by atoms with Crippen LogP contribution >= 0.6 is 15.9 Å². The lowest BCUT2D eigenvalue weighted by Gasteiger charge is -2.15. The Balaban J connectivity index is 1.84. The lowest BCUT2D eigenvalue weighted by Crippen LogP contribution is -2.40. The fraction of sp³-hybridized carbons (Fsp3) is 0.263. The first-order valence-corrected chi connectivity index (χ1v) is 8.72. The molecule has 1 unspecified atom stereocenters. The van der Waals surface area contributed by atoms with Gasteiger partial charge in [0.05, 0.1) is 6.54 Å². The zero-order valence-corrected chi connectivity index (χ0v) is 16.0. The molecule has 25 heavy (non-hydrogen) atoms. The fourth-order valence-electron chi connectivity index (χ4n) is 2.28. The highest BCUT2D eigenvalue weighted by Crippen LogP contribution is 2.19. The van der Waals surface area contributed by atoms with Crippen LogP contribution in [-0.2, 0) is 9.59 Å². The summed E-state index contributed by atoms with van der Waals surface area (Å²) < 4.78 is 6.49. The molecule has 1 atom stereocenters. The van der Waals surface area contributed by atoms with Gasteiger partial charge in [-0.15, -0.1) is 0 Å². The molecule has 0 heterocycles. The Morgan fingerprint density at radius 3 is 2.28 bits per heavy atom. The van der Waals surface area contributed by atoms with Crippen LogP contribution in [-0.4, -0.2) is 24.5 Å². The molecule has 2 N–H and O–H groups in total. The van der Waals surface area contributed by atoms with Crippen LogP contribution in [0.5, 0.6) is 5.75 Å². The second-order valence-electron chi connectivity index (χ2n) is 5.75. The lowest BCUT2D eigenvalue weighted by molar-refractivity contribution is -0.129. The van der Waals surface area contributed by atoms with E-state index in [1.807, 2.05) is 44.2 Å². The van der Waals surface area contributed by atoms with Crippen LogP contribution in [0.1, 0.15) is 18.1 Å². The van der Waals surface area contributed by atoms with Gasteiger partial charge in [0, 0.05) is 10.2 Å². The first-order valence-electron chi connectivity index (χ1n) is 7.93. The van der Waals surface area contributed by atoms with E-state index >= 15 is 0 Å². The average Bonchev–Trinajstić information content (AvgIpc) is 2.58. The van der Waals surface area contributed by atoms with E-state index in [0.29, 0.717) is 5.75 Å². The lowest BCUT2D eigenvalue weighted by atomic mass is 10.1. The number of hydrogen-bond acceptors (Lipinski definition) is 3. The van der Waals surface area contributed by atoms with Gasteiger partial charge in [-0.2, -0.15) is 0 Å². The van der Waals surface area contributed by atoms with Crippen LogP contribution in [0.15, 0.2) is 46.9 Å². The molecule has 0 radical (unpaired) electrons. The molecule has 0 aliphatic heterocycles. The molecule has 0 fully saturated rings. The molecule has 2 amide bonds.